The van der Waals surface area contributed by atoms with E-state index in [4.69, 9.17) is 0 Å². The highest BCUT2D eigenvalue weighted by atomic mass is 16.3. The molecule has 20 heavy (non-hydrogen) atoms. The lowest BCUT2D eigenvalue weighted by Gasteiger charge is -2.20. The van der Waals surface area contributed by atoms with Crippen molar-refractivity contribution < 1.29 is 9.90 Å². The Morgan fingerprint density at radius 3 is 2.95 bits per heavy atom. The van der Waals surface area contributed by atoms with Crippen molar-refractivity contribution in [3.8, 4) is 0 Å². The highest BCUT2D eigenvalue weighted by molar-refractivity contribution is 5.97. The van der Waals surface area contributed by atoms with Crippen molar-refractivity contribution in [1.29, 1.82) is 0 Å². The summed E-state index contributed by atoms with van der Waals surface area (Å²) in [5.41, 5.74) is 1.56. The van der Waals surface area contributed by atoms with Gasteiger partial charge in [-0.1, -0.05) is 6.92 Å². The molecule has 1 aromatic carbocycles. The third kappa shape index (κ3) is 2.08. The summed E-state index contributed by atoms with van der Waals surface area (Å²) >= 11 is 0. The van der Waals surface area contributed by atoms with Crippen LogP contribution in [0.1, 0.15) is 30.0 Å². The molecule has 0 radical (unpaired) electrons. The predicted molar refractivity (Wildman–Crippen MR) is 76.5 cm³/mol. The minimum Gasteiger partial charge on any atom is -0.388 e. The number of β-amino-alcohol motifs (C(OH)–C–C–N with tert-alkyl or cyclic N) is 1. The lowest BCUT2D eigenvalue weighted by atomic mass is 9.95. The van der Waals surface area contributed by atoms with Gasteiger partial charge in [-0.05, 0) is 32.0 Å². The first kappa shape index (κ1) is 13.1. The molecule has 3 rings (SSSR count). The fourth-order valence-corrected chi connectivity index (χ4v) is 2.74. The molecule has 2 N–H and O–H groups in total. The van der Waals surface area contributed by atoms with Gasteiger partial charge < -0.3 is 15.0 Å². The van der Waals surface area contributed by atoms with Crippen LogP contribution in [0.5, 0.6) is 0 Å². The van der Waals surface area contributed by atoms with Gasteiger partial charge in [0.1, 0.15) is 5.82 Å². The molecule has 106 valence electrons. The standard InChI is InChI=1S/C15H19N3O2/c1-9-7-18(8-15(9,3)20)14(19)11-4-5-12-13(6-11)17-10(2)16-12/h4-6,9,20H,7-8H2,1-3H3,(H,16,17)/t9-,15+/m1/s1. The van der Waals surface area contributed by atoms with Gasteiger partial charge in [0.15, 0.2) is 0 Å². The van der Waals surface area contributed by atoms with E-state index in [1.807, 2.05) is 26.0 Å². The number of rotatable bonds is 1. The predicted octanol–water partition coefficient (Wildman–Crippen LogP) is 1.71. The molecule has 0 saturated carbocycles. The minimum absolute atomic E-state index is 0.0382. The summed E-state index contributed by atoms with van der Waals surface area (Å²) in [4.78, 5) is 21.7. The lowest BCUT2D eigenvalue weighted by molar-refractivity contribution is 0.0351. The van der Waals surface area contributed by atoms with Crippen LogP contribution in [0.3, 0.4) is 0 Å². The molecule has 0 aliphatic carbocycles. The molecule has 1 aromatic heterocycles. The van der Waals surface area contributed by atoms with Crippen LogP contribution in [-0.2, 0) is 0 Å². The number of nitrogens with one attached hydrogen (secondary N) is 1. The van der Waals surface area contributed by atoms with Crippen LogP contribution >= 0.6 is 0 Å². The zero-order valence-corrected chi connectivity index (χ0v) is 12.0. The van der Waals surface area contributed by atoms with E-state index >= 15 is 0 Å². The van der Waals surface area contributed by atoms with Crippen LogP contribution in [-0.4, -0.2) is 44.6 Å². The van der Waals surface area contributed by atoms with Crippen LogP contribution in [0.15, 0.2) is 18.2 Å². The highest BCUT2D eigenvalue weighted by Gasteiger charge is 2.40. The molecule has 1 fully saturated rings. The van der Waals surface area contributed by atoms with Crippen LogP contribution < -0.4 is 0 Å². The van der Waals surface area contributed by atoms with Crippen molar-refractivity contribution in [2.24, 2.45) is 5.92 Å². The van der Waals surface area contributed by atoms with Crippen LogP contribution in [0.25, 0.3) is 11.0 Å². The van der Waals surface area contributed by atoms with E-state index in [0.29, 0.717) is 18.7 Å². The Morgan fingerprint density at radius 2 is 2.30 bits per heavy atom. The van der Waals surface area contributed by atoms with Crippen molar-refractivity contribution in [2.45, 2.75) is 26.4 Å². The van der Waals surface area contributed by atoms with Crippen molar-refractivity contribution in [2.75, 3.05) is 13.1 Å². The largest absolute Gasteiger partial charge is 0.388 e. The number of nitrogens with zero attached hydrogens (tertiary/aromatic N) is 2. The number of aliphatic hydroxyl groups is 1. The first-order chi connectivity index (χ1) is 9.37. The summed E-state index contributed by atoms with van der Waals surface area (Å²) < 4.78 is 0. The maximum absolute atomic E-state index is 12.5. The number of hydrogen-bond donors (Lipinski definition) is 2. The van der Waals surface area contributed by atoms with Gasteiger partial charge in [0.05, 0.1) is 16.6 Å². The van der Waals surface area contributed by atoms with E-state index in [2.05, 4.69) is 9.97 Å². The van der Waals surface area contributed by atoms with Gasteiger partial charge in [-0.25, -0.2) is 4.98 Å². The Labute approximate surface area is 117 Å². The van der Waals surface area contributed by atoms with E-state index in [1.165, 1.54) is 0 Å². The van der Waals surface area contributed by atoms with Gasteiger partial charge in [-0.15, -0.1) is 0 Å². The molecule has 2 heterocycles. The highest BCUT2D eigenvalue weighted by Crippen LogP contribution is 2.28. The molecule has 0 spiro atoms. The molecule has 5 nitrogen and oxygen atoms in total. The van der Waals surface area contributed by atoms with Gasteiger partial charge >= 0.3 is 0 Å². The van der Waals surface area contributed by atoms with Crippen LogP contribution in [0.2, 0.25) is 0 Å². The maximum Gasteiger partial charge on any atom is 0.254 e. The third-order valence-electron chi connectivity index (χ3n) is 4.20. The van der Waals surface area contributed by atoms with Crippen molar-refractivity contribution in [3.63, 3.8) is 0 Å². The second kappa shape index (κ2) is 4.31. The number of H-pyrrole nitrogens is 1. The maximum atomic E-state index is 12.5. The zero-order chi connectivity index (χ0) is 14.5. The number of imidazole rings is 1. The number of likely N-dealkylation sites (tertiary alicyclic amines) is 1. The van der Waals surface area contributed by atoms with Crippen molar-refractivity contribution >= 4 is 16.9 Å². The van der Waals surface area contributed by atoms with Gasteiger partial charge in [-0.3, -0.25) is 4.79 Å². The Balaban J connectivity index is 1.89. The Hall–Kier alpha value is -1.88. The van der Waals surface area contributed by atoms with Crippen molar-refractivity contribution in [3.05, 3.63) is 29.6 Å². The molecule has 0 bridgehead atoms. The number of carbonyl (C=O) groups excluding carboxylic acids is 1. The molecule has 1 saturated heterocycles. The summed E-state index contributed by atoms with van der Waals surface area (Å²) in [6.07, 6.45) is 0. The second-order valence-electron chi connectivity index (χ2n) is 6.00. The molecule has 1 aliphatic heterocycles. The Morgan fingerprint density at radius 1 is 1.55 bits per heavy atom. The first-order valence-corrected chi connectivity index (χ1v) is 6.85. The molecular weight excluding hydrogens is 254 g/mol. The van der Waals surface area contributed by atoms with Crippen molar-refractivity contribution in [1.82, 2.24) is 14.9 Å². The van der Waals surface area contributed by atoms with E-state index in [9.17, 15) is 9.90 Å². The van der Waals surface area contributed by atoms with Crippen LogP contribution in [0, 0.1) is 12.8 Å². The average Bonchev–Trinajstić information content (AvgIpc) is 2.87. The molecular formula is C15H19N3O2. The number of hydrogen-bond acceptors (Lipinski definition) is 3. The summed E-state index contributed by atoms with van der Waals surface area (Å²) in [6.45, 7) is 6.61. The SMILES string of the molecule is Cc1nc2ccc(C(=O)N3C[C@@H](C)[C@@](C)(O)C3)cc2[nH]1. The summed E-state index contributed by atoms with van der Waals surface area (Å²) in [7, 11) is 0. The second-order valence-corrected chi connectivity index (χ2v) is 6.00. The fourth-order valence-electron chi connectivity index (χ4n) is 2.74. The number of fused-ring (bicyclic) bond motifs is 1. The van der Waals surface area contributed by atoms with Gasteiger partial charge in [0.25, 0.3) is 5.91 Å². The van der Waals surface area contributed by atoms with Gasteiger partial charge in [-0.2, -0.15) is 0 Å². The third-order valence-corrected chi connectivity index (χ3v) is 4.20. The molecule has 2 aromatic rings. The zero-order valence-electron chi connectivity index (χ0n) is 12.0. The first-order valence-electron chi connectivity index (χ1n) is 6.85. The van der Waals surface area contributed by atoms with E-state index < -0.39 is 5.60 Å². The van der Waals surface area contributed by atoms with E-state index in [-0.39, 0.29) is 11.8 Å². The average molecular weight is 273 g/mol. The number of aromatic nitrogens is 2. The number of carbonyl (C=O) groups is 1. The lowest BCUT2D eigenvalue weighted by Crippen LogP contribution is -2.35. The molecule has 5 heteroatoms. The van der Waals surface area contributed by atoms with Gasteiger partial charge in [0, 0.05) is 24.6 Å². The summed E-state index contributed by atoms with van der Waals surface area (Å²) in [6, 6.07) is 5.47. The topological polar surface area (TPSA) is 69.2 Å². The Bertz CT molecular complexity index is 675. The van der Waals surface area contributed by atoms with E-state index in [1.54, 1.807) is 17.9 Å². The number of aromatic amines is 1. The van der Waals surface area contributed by atoms with Crippen LogP contribution in [0.4, 0.5) is 0 Å². The monoisotopic (exact) mass is 273 g/mol. The molecule has 0 unspecified atom stereocenters. The van der Waals surface area contributed by atoms with Gasteiger partial charge in [0.2, 0.25) is 0 Å². The minimum atomic E-state index is -0.801. The van der Waals surface area contributed by atoms with E-state index in [0.717, 1.165) is 16.9 Å². The quantitative estimate of drug-likeness (QED) is 0.831. The summed E-state index contributed by atoms with van der Waals surface area (Å²) in [5.74, 6) is 0.885. The number of benzene rings is 1. The fraction of sp³-hybridized carbons (Fsp3) is 0.467. The molecule has 1 aliphatic rings. The molecule has 2 atom stereocenters. The molecule has 1 amide bonds. The number of aryl methyl sites for hydroxylation is 1. The smallest absolute Gasteiger partial charge is 0.254 e. The summed E-state index contributed by atoms with van der Waals surface area (Å²) in [5, 5.41) is 10.2. The normalized spacial score (nSPS) is 26.4. The Kier molecular flexibility index (Phi) is 2.83. The number of amides is 1.